The van der Waals surface area contributed by atoms with Crippen LogP contribution >= 0.6 is 15.9 Å². The summed E-state index contributed by atoms with van der Waals surface area (Å²) in [6.45, 7) is 0. The molecule has 6 rings (SSSR count). The van der Waals surface area contributed by atoms with Crippen molar-refractivity contribution >= 4 is 59.3 Å². The molecule has 0 saturated carbocycles. The van der Waals surface area contributed by atoms with E-state index in [1.165, 1.54) is 38.1 Å². The number of fused-ring (bicyclic) bond motifs is 4. The highest BCUT2D eigenvalue weighted by molar-refractivity contribution is 9.10. The van der Waals surface area contributed by atoms with E-state index in [0.29, 0.717) is 0 Å². The molecule has 0 radical (unpaired) electrons. The number of hydrogen-bond acceptors (Lipinski definition) is 1. The number of pyridine rings is 1. The summed E-state index contributed by atoms with van der Waals surface area (Å²) in [5.74, 6) is 0. The van der Waals surface area contributed by atoms with E-state index in [2.05, 4.69) is 113 Å². The third-order valence-corrected chi connectivity index (χ3v) is 6.13. The summed E-state index contributed by atoms with van der Waals surface area (Å²) in [6, 6.07) is 34.6. The third-order valence-electron chi connectivity index (χ3n) is 5.64. The zero-order chi connectivity index (χ0) is 19.4. The van der Waals surface area contributed by atoms with E-state index < -0.39 is 0 Å². The lowest BCUT2D eigenvalue weighted by Gasteiger charge is -2.13. The fourth-order valence-corrected chi connectivity index (χ4v) is 4.62. The van der Waals surface area contributed by atoms with Crippen molar-refractivity contribution in [2.75, 3.05) is 0 Å². The molecule has 0 spiro atoms. The van der Waals surface area contributed by atoms with Gasteiger partial charge in [0.1, 0.15) is 0 Å². The lowest BCUT2D eigenvalue weighted by molar-refractivity contribution is 1.50. The van der Waals surface area contributed by atoms with Gasteiger partial charge in [-0.15, -0.1) is 0 Å². The molecule has 1 heterocycles. The molecule has 2 heteroatoms. The standard InChI is InChI=1S/C27H16BrN/c28-22-11-12-25-24(16-22)27(21-10-9-17-5-1-2-6-18(17)13-21)23-14-19-7-3-4-8-20(19)15-26(23)29-25/h1-16H. The smallest absolute Gasteiger partial charge is 0.0722 e. The number of rotatable bonds is 1. The third kappa shape index (κ3) is 2.72. The summed E-state index contributed by atoms with van der Waals surface area (Å²) < 4.78 is 1.06. The van der Waals surface area contributed by atoms with Gasteiger partial charge in [0.05, 0.1) is 11.0 Å². The molecule has 29 heavy (non-hydrogen) atoms. The number of nitrogens with zero attached hydrogens (tertiary/aromatic N) is 1. The Morgan fingerprint density at radius 2 is 1.17 bits per heavy atom. The molecule has 1 aromatic heterocycles. The second-order valence-corrected chi connectivity index (χ2v) is 8.34. The summed E-state index contributed by atoms with van der Waals surface area (Å²) in [5, 5.41) is 7.30. The van der Waals surface area contributed by atoms with E-state index >= 15 is 0 Å². The van der Waals surface area contributed by atoms with Gasteiger partial charge in [-0.3, -0.25) is 0 Å². The molecule has 0 saturated heterocycles. The Kier molecular flexibility index (Phi) is 3.68. The molecule has 0 unspecified atom stereocenters. The van der Waals surface area contributed by atoms with Gasteiger partial charge in [-0.25, -0.2) is 4.98 Å². The van der Waals surface area contributed by atoms with Gasteiger partial charge in [0.25, 0.3) is 0 Å². The lowest BCUT2D eigenvalue weighted by Crippen LogP contribution is -1.90. The molecule has 0 atom stereocenters. The average Bonchev–Trinajstić information content (AvgIpc) is 2.76. The highest BCUT2D eigenvalue weighted by Crippen LogP contribution is 2.38. The van der Waals surface area contributed by atoms with Crippen molar-refractivity contribution in [2.45, 2.75) is 0 Å². The monoisotopic (exact) mass is 433 g/mol. The Bertz CT molecular complexity index is 1570. The first-order valence-corrected chi connectivity index (χ1v) is 10.5. The molecule has 0 amide bonds. The Morgan fingerprint density at radius 1 is 0.517 bits per heavy atom. The van der Waals surface area contributed by atoms with Crippen LogP contribution in [0.2, 0.25) is 0 Å². The number of benzene rings is 5. The second-order valence-electron chi connectivity index (χ2n) is 7.43. The zero-order valence-electron chi connectivity index (χ0n) is 15.6. The van der Waals surface area contributed by atoms with Crippen LogP contribution in [-0.2, 0) is 0 Å². The summed E-state index contributed by atoms with van der Waals surface area (Å²) in [5.41, 5.74) is 4.50. The van der Waals surface area contributed by atoms with Crippen LogP contribution in [0.15, 0.2) is 102 Å². The summed E-state index contributed by atoms with van der Waals surface area (Å²) >= 11 is 3.65. The van der Waals surface area contributed by atoms with E-state index in [-0.39, 0.29) is 0 Å². The Labute approximate surface area is 176 Å². The van der Waals surface area contributed by atoms with Crippen LogP contribution in [0.3, 0.4) is 0 Å². The van der Waals surface area contributed by atoms with Crippen molar-refractivity contribution in [3.63, 3.8) is 0 Å². The van der Waals surface area contributed by atoms with Crippen LogP contribution in [0.25, 0.3) is 54.5 Å². The summed E-state index contributed by atoms with van der Waals surface area (Å²) in [6.07, 6.45) is 0. The lowest BCUT2D eigenvalue weighted by atomic mass is 9.93. The first-order chi connectivity index (χ1) is 14.3. The number of hydrogen-bond donors (Lipinski definition) is 0. The maximum Gasteiger partial charge on any atom is 0.0722 e. The van der Waals surface area contributed by atoms with Crippen LogP contribution < -0.4 is 0 Å². The van der Waals surface area contributed by atoms with E-state index in [1.54, 1.807) is 0 Å². The number of aromatic nitrogens is 1. The highest BCUT2D eigenvalue weighted by Gasteiger charge is 2.13. The van der Waals surface area contributed by atoms with Gasteiger partial charge in [0, 0.05) is 20.8 Å². The molecule has 0 bridgehead atoms. The van der Waals surface area contributed by atoms with Crippen LogP contribution in [0.5, 0.6) is 0 Å². The van der Waals surface area contributed by atoms with Crippen molar-refractivity contribution < 1.29 is 0 Å². The Hall–Kier alpha value is -3.23. The minimum Gasteiger partial charge on any atom is -0.248 e. The molecule has 5 aromatic carbocycles. The topological polar surface area (TPSA) is 12.9 Å². The fraction of sp³-hybridized carbons (Fsp3) is 0. The van der Waals surface area contributed by atoms with Gasteiger partial charge in [-0.2, -0.15) is 0 Å². The largest absolute Gasteiger partial charge is 0.248 e. The fourth-order valence-electron chi connectivity index (χ4n) is 4.26. The first-order valence-electron chi connectivity index (χ1n) is 9.67. The highest BCUT2D eigenvalue weighted by atomic mass is 79.9. The number of halogens is 1. The summed E-state index contributed by atoms with van der Waals surface area (Å²) in [7, 11) is 0. The van der Waals surface area contributed by atoms with Crippen LogP contribution in [0.4, 0.5) is 0 Å². The van der Waals surface area contributed by atoms with E-state index in [4.69, 9.17) is 4.98 Å². The molecule has 0 aliphatic rings. The Morgan fingerprint density at radius 3 is 1.97 bits per heavy atom. The molecule has 1 nitrogen and oxygen atoms in total. The molecule has 6 aromatic rings. The molecular formula is C27H16BrN. The predicted octanol–water partition coefficient (Wildman–Crippen LogP) is 8.12. The SMILES string of the molecule is Brc1ccc2nc3cc4ccccc4cc3c(-c3ccc4ccccc4c3)c2c1. The van der Waals surface area contributed by atoms with Gasteiger partial charge in [0.2, 0.25) is 0 Å². The van der Waals surface area contributed by atoms with Crippen molar-refractivity contribution in [1.82, 2.24) is 4.98 Å². The molecular weight excluding hydrogens is 418 g/mol. The van der Waals surface area contributed by atoms with Crippen LogP contribution in [-0.4, -0.2) is 4.98 Å². The van der Waals surface area contributed by atoms with E-state index in [0.717, 1.165) is 20.9 Å². The molecule has 0 N–H and O–H groups in total. The quantitative estimate of drug-likeness (QED) is 0.238. The maximum absolute atomic E-state index is 5.00. The maximum atomic E-state index is 5.00. The van der Waals surface area contributed by atoms with E-state index in [9.17, 15) is 0 Å². The van der Waals surface area contributed by atoms with Gasteiger partial charge < -0.3 is 0 Å². The average molecular weight is 434 g/mol. The van der Waals surface area contributed by atoms with E-state index in [1.807, 2.05) is 0 Å². The van der Waals surface area contributed by atoms with Crippen molar-refractivity contribution in [3.8, 4) is 11.1 Å². The van der Waals surface area contributed by atoms with Crippen LogP contribution in [0, 0.1) is 0 Å². The summed E-state index contributed by atoms with van der Waals surface area (Å²) in [4.78, 5) is 5.00. The molecule has 0 aliphatic carbocycles. The van der Waals surface area contributed by atoms with Gasteiger partial charge in [-0.05, 0) is 63.5 Å². The minimum atomic E-state index is 1.01. The van der Waals surface area contributed by atoms with Gasteiger partial charge in [0.15, 0.2) is 0 Å². The minimum absolute atomic E-state index is 1.01. The van der Waals surface area contributed by atoms with Gasteiger partial charge >= 0.3 is 0 Å². The molecule has 0 fully saturated rings. The second kappa shape index (κ2) is 6.40. The molecule has 0 aliphatic heterocycles. The van der Waals surface area contributed by atoms with Crippen LogP contribution in [0.1, 0.15) is 0 Å². The first kappa shape index (κ1) is 16.7. The predicted molar refractivity (Wildman–Crippen MR) is 127 cm³/mol. The normalized spacial score (nSPS) is 11.6. The zero-order valence-corrected chi connectivity index (χ0v) is 17.1. The Balaban J connectivity index is 1.80. The van der Waals surface area contributed by atoms with Crippen molar-refractivity contribution in [2.24, 2.45) is 0 Å². The van der Waals surface area contributed by atoms with Crippen molar-refractivity contribution in [3.05, 3.63) is 102 Å². The molecule has 136 valence electrons. The van der Waals surface area contributed by atoms with Crippen molar-refractivity contribution in [1.29, 1.82) is 0 Å². The van der Waals surface area contributed by atoms with Gasteiger partial charge in [-0.1, -0.05) is 76.6 Å².